The molecule has 0 radical (unpaired) electrons. The first-order chi connectivity index (χ1) is 6.86. The second kappa shape index (κ2) is 3.56. The van der Waals surface area contributed by atoms with E-state index in [1.165, 1.54) is 11.2 Å². The van der Waals surface area contributed by atoms with Crippen LogP contribution in [0.4, 0.5) is 0 Å². The van der Waals surface area contributed by atoms with Crippen LogP contribution in [0, 0.1) is 0 Å². The normalized spacial score (nSPS) is 26.5. The third-order valence-electron chi connectivity index (χ3n) is 2.09. The Morgan fingerprint density at radius 3 is 3.27 bits per heavy atom. The largest absolute Gasteiger partial charge is 0.334 e. The van der Waals surface area contributed by atoms with E-state index in [0.29, 0.717) is 12.4 Å². The van der Waals surface area contributed by atoms with Gasteiger partial charge < -0.3 is 4.74 Å². The van der Waals surface area contributed by atoms with Crippen LogP contribution in [0.2, 0.25) is 0 Å². The quantitative estimate of drug-likeness (QED) is 0.582. The van der Waals surface area contributed by atoms with Crippen LogP contribution in [0.15, 0.2) is 27.3 Å². The summed E-state index contributed by atoms with van der Waals surface area (Å²) in [6, 6.07) is 0. The summed E-state index contributed by atoms with van der Waals surface area (Å²) in [7, 11) is 0. The Morgan fingerprint density at radius 2 is 2.40 bits per heavy atom. The van der Waals surface area contributed by atoms with Crippen molar-refractivity contribution < 1.29 is 9.53 Å². The van der Waals surface area contributed by atoms with E-state index in [1.54, 1.807) is 12.3 Å². The Hall–Kier alpha value is -1.53. The van der Waals surface area contributed by atoms with E-state index in [0.717, 1.165) is 0 Å². The van der Waals surface area contributed by atoms with Crippen molar-refractivity contribution in [2.24, 2.45) is 15.0 Å². The predicted molar refractivity (Wildman–Crippen MR) is 56.3 cm³/mol. The van der Waals surface area contributed by atoms with E-state index in [2.05, 4.69) is 15.0 Å². The van der Waals surface area contributed by atoms with E-state index in [9.17, 15) is 4.79 Å². The van der Waals surface area contributed by atoms with Gasteiger partial charge in [-0.25, -0.2) is 15.0 Å². The molecule has 0 aliphatic carbocycles. The van der Waals surface area contributed by atoms with Gasteiger partial charge in [0.1, 0.15) is 6.34 Å². The maximum absolute atomic E-state index is 11.7. The van der Waals surface area contributed by atoms with Gasteiger partial charge in [-0.2, -0.15) is 0 Å². The number of aliphatic imine (C=N–C) groups is 3. The minimum atomic E-state index is -0.573. The number of rotatable bonds is 0. The van der Waals surface area contributed by atoms with Crippen molar-refractivity contribution in [3.8, 4) is 0 Å². The minimum absolute atomic E-state index is 0. The zero-order valence-electron chi connectivity index (χ0n) is 7.53. The molecule has 3 rings (SSSR count). The third kappa shape index (κ3) is 1.38. The zero-order chi connectivity index (χ0) is 9.54. The molecule has 0 aromatic heterocycles. The Labute approximate surface area is 91.5 Å². The van der Waals surface area contributed by atoms with Crippen molar-refractivity contribution in [1.82, 2.24) is 4.90 Å². The van der Waals surface area contributed by atoms with E-state index in [1.807, 2.05) is 0 Å². The van der Waals surface area contributed by atoms with Crippen molar-refractivity contribution in [2.75, 3.05) is 6.61 Å². The summed E-state index contributed by atoms with van der Waals surface area (Å²) < 4.78 is 5.26. The standard InChI is InChI=1S/C8H6N4O2.ClH/c13-7-5-6(10-4-9-5)11-8-12(7)2-1-3-14-8;/h1-2,4,8H,3H2;1H. The molecule has 7 heteroatoms. The van der Waals surface area contributed by atoms with Crippen molar-refractivity contribution >= 4 is 36.2 Å². The highest BCUT2D eigenvalue weighted by Crippen LogP contribution is 2.17. The fourth-order valence-electron chi connectivity index (χ4n) is 1.45. The number of halogens is 1. The summed E-state index contributed by atoms with van der Waals surface area (Å²) in [5, 5.41) is 0. The first-order valence-corrected chi connectivity index (χ1v) is 4.16. The molecule has 0 fully saturated rings. The van der Waals surface area contributed by atoms with Crippen LogP contribution < -0.4 is 0 Å². The number of fused-ring (bicyclic) bond motifs is 2. The smallest absolute Gasteiger partial charge is 0.283 e. The van der Waals surface area contributed by atoms with E-state index in [4.69, 9.17) is 4.74 Å². The second-order valence-electron chi connectivity index (χ2n) is 2.93. The van der Waals surface area contributed by atoms with Gasteiger partial charge in [0.25, 0.3) is 5.91 Å². The Kier molecular flexibility index (Phi) is 2.37. The Morgan fingerprint density at radius 1 is 1.53 bits per heavy atom. The lowest BCUT2D eigenvalue weighted by atomic mass is 10.2. The molecule has 0 saturated carbocycles. The monoisotopic (exact) mass is 226 g/mol. The molecular formula is C8H7ClN4O2. The van der Waals surface area contributed by atoms with Gasteiger partial charge in [-0.3, -0.25) is 9.69 Å². The number of carbonyl (C=O) groups is 1. The Balaban J connectivity index is 0.000000853. The summed E-state index contributed by atoms with van der Waals surface area (Å²) in [6.45, 7) is 0.460. The van der Waals surface area contributed by atoms with E-state index < -0.39 is 6.35 Å². The summed E-state index contributed by atoms with van der Waals surface area (Å²) in [5.41, 5.74) is 0.288. The highest BCUT2D eigenvalue weighted by molar-refractivity contribution is 6.69. The SMILES string of the molecule is Cl.O=C1C2=NC=NC2=NC2OCC=CN12. The average Bonchev–Trinajstić information content (AvgIpc) is 2.66. The molecule has 15 heavy (non-hydrogen) atoms. The maximum Gasteiger partial charge on any atom is 0.283 e. The zero-order valence-corrected chi connectivity index (χ0v) is 8.35. The van der Waals surface area contributed by atoms with Crippen molar-refractivity contribution in [1.29, 1.82) is 0 Å². The van der Waals surface area contributed by atoms with Crippen molar-refractivity contribution in [3.63, 3.8) is 0 Å². The number of nitrogens with zero attached hydrogens (tertiary/aromatic N) is 4. The van der Waals surface area contributed by atoms with Crippen molar-refractivity contribution in [3.05, 3.63) is 12.3 Å². The van der Waals surface area contributed by atoms with Gasteiger partial charge in [0.2, 0.25) is 6.35 Å². The average molecular weight is 227 g/mol. The van der Waals surface area contributed by atoms with Crippen LogP contribution in [0.25, 0.3) is 0 Å². The molecule has 3 heterocycles. The fourth-order valence-corrected chi connectivity index (χ4v) is 1.45. The lowest BCUT2D eigenvalue weighted by Gasteiger charge is -2.31. The molecular weight excluding hydrogens is 220 g/mol. The maximum atomic E-state index is 11.7. The molecule has 1 atom stereocenters. The summed E-state index contributed by atoms with van der Waals surface area (Å²) in [4.78, 5) is 25.0. The second-order valence-corrected chi connectivity index (χ2v) is 2.93. The number of amidine groups is 1. The van der Waals surface area contributed by atoms with Crippen LogP contribution in [0.3, 0.4) is 0 Å². The van der Waals surface area contributed by atoms with E-state index in [-0.39, 0.29) is 24.0 Å². The van der Waals surface area contributed by atoms with Crippen LogP contribution in [0.5, 0.6) is 0 Å². The van der Waals surface area contributed by atoms with Gasteiger partial charge >= 0.3 is 0 Å². The number of carbonyl (C=O) groups excluding carboxylic acids is 1. The van der Waals surface area contributed by atoms with Gasteiger partial charge in [-0.15, -0.1) is 12.4 Å². The number of hydrogen-bond acceptors (Lipinski definition) is 5. The van der Waals surface area contributed by atoms with Gasteiger partial charge in [0, 0.05) is 6.20 Å². The van der Waals surface area contributed by atoms with Crippen LogP contribution >= 0.6 is 12.4 Å². The Bertz CT molecular complexity index is 426. The number of hydrogen-bond donors (Lipinski definition) is 0. The third-order valence-corrected chi connectivity index (χ3v) is 2.09. The predicted octanol–water partition coefficient (Wildman–Crippen LogP) is -0.0407. The minimum Gasteiger partial charge on any atom is -0.334 e. The first kappa shape index (κ1) is 10.0. The van der Waals surface area contributed by atoms with Gasteiger partial charge in [-0.1, -0.05) is 0 Å². The molecule has 0 aromatic carbocycles. The highest BCUT2D eigenvalue weighted by Gasteiger charge is 2.36. The summed E-state index contributed by atoms with van der Waals surface area (Å²) in [6.07, 6.45) is 4.17. The highest BCUT2D eigenvalue weighted by atomic mass is 35.5. The first-order valence-electron chi connectivity index (χ1n) is 4.16. The topological polar surface area (TPSA) is 66.6 Å². The van der Waals surface area contributed by atoms with Crippen LogP contribution in [-0.2, 0) is 9.53 Å². The molecule has 0 spiro atoms. The van der Waals surface area contributed by atoms with Gasteiger partial charge in [0.05, 0.1) is 6.61 Å². The lowest BCUT2D eigenvalue weighted by molar-refractivity contribution is -0.133. The molecule has 0 N–H and O–H groups in total. The molecule has 1 unspecified atom stereocenters. The fraction of sp³-hybridized carbons (Fsp3) is 0.250. The van der Waals surface area contributed by atoms with Gasteiger partial charge in [-0.05, 0) is 6.08 Å². The molecule has 0 aromatic rings. The van der Waals surface area contributed by atoms with E-state index >= 15 is 0 Å². The van der Waals surface area contributed by atoms with Gasteiger partial charge in [0.15, 0.2) is 11.5 Å². The molecule has 1 amide bonds. The molecule has 3 aliphatic rings. The van der Waals surface area contributed by atoms with Crippen LogP contribution in [0.1, 0.15) is 0 Å². The van der Waals surface area contributed by atoms with Crippen LogP contribution in [-0.4, -0.2) is 41.7 Å². The molecule has 3 aliphatic heterocycles. The summed E-state index contributed by atoms with van der Waals surface area (Å²) in [5.74, 6) is 0.153. The molecule has 0 saturated heterocycles. The number of amides is 1. The molecule has 0 bridgehead atoms. The number of ether oxygens (including phenoxy) is 1. The molecule has 78 valence electrons. The molecule has 6 nitrogen and oxygen atoms in total. The lowest BCUT2D eigenvalue weighted by Crippen LogP contribution is -2.48. The summed E-state index contributed by atoms with van der Waals surface area (Å²) >= 11 is 0. The van der Waals surface area contributed by atoms with Crippen molar-refractivity contribution in [2.45, 2.75) is 6.35 Å².